The first-order chi connectivity index (χ1) is 10.2. The van der Waals surface area contributed by atoms with Crippen LogP contribution in [0, 0.1) is 6.92 Å². The van der Waals surface area contributed by atoms with E-state index >= 15 is 0 Å². The van der Waals surface area contributed by atoms with Gasteiger partial charge in [0.05, 0.1) is 13.0 Å². The number of aromatic amines is 1. The maximum atomic E-state index is 12.4. The van der Waals surface area contributed by atoms with E-state index in [1.54, 1.807) is 4.90 Å². The van der Waals surface area contributed by atoms with Crippen LogP contribution >= 0.6 is 0 Å². The third kappa shape index (κ3) is 3.62. The van der Waals surface area contributed by atoms with Crippen LogP contribution < -0.4 is 0 Å². The molecule has 1 aromatic heterocycles. The second-order valence-corrected chi connectivity index (χ2v) is 5.13. The first-order valence-corrected chi connectivity index (χ1v) is 7.23. The Bertz CT molecular complexity index is 607. The zero-order valence-electron chi connectivity index (χ0n) is 12.3. The molecule has 0 saturated carbocycles. The molecule has 0 unspecified atom stereocenters. The van der Waals surface area contributed by atoms with Crippen molar-refractivity contribution in [1.82, 2.24) is 9.88 Å². The van der Waals surface area contributed by atoms with E-state index in [1.807, 2.05) is 31.2 Å². The first kappa shape index (κ1) is 15.5. The van der Waals surface area contributed by atoms with Crippen LogP contribution in [0.4, 0.5) is 0 Å². The minimum Gasteiger partial charge on any atom is -0.396 e. The molecule has 5 nitrogen and oxygen atoms in total. The monoisotopic (exact) mass is 290 g/mol. The van der Waals surface area contributed by atoms with Crippen molar-refractivity contribution in [3.8, 4) is 0 Å². The van der Waals surface area contributed by atoms with Gasteiger partial charge in [-0.25, -0.2) is 0 Å². The fraction of sp³-hybridized carbons (Fsp3) is 0.438. The highest BCUT2D eigenvalue weighted by Gasteiger charge is 2.17. The van der Waals surface area contributed by atoms with Crippen LogP contribution in [0.5, 0.6) is 0 Å². The molecule has 1 aromatic carbocycles. The summed E-state index contributed by atoms with van der Waals surface area (Å²) in [6, 6.07) is 7.92. The number of hydrogen-bond acceptors (Lipinski definition) is 3. The molecule has 3 N–H and O–H groups in total. The number of H-pyrrole nitrogens is 1. The third-order valence-corrected chi connectivity index (χ3v) is 3.66. The van der Waals surface area contributed by atoms with Gasteiger partial charge in [0.2, 0.25) is 5.91 Å². The first-order valence-electron chi connectivity index (χ1n) is 7.23. The molecule has 21 heavy (non-hydrogen) atoms. The number of rotatable bonds is 7. The van der Waals surface area contributed by atoms with Gasteiger partial charge in [0.1, 0.15) is 0 Å². The zero-order chi connectivity index (χ0) is 15.2. The number of aromatic nitrogens is 1. The Morgan fingerprint density at radius 2 is 1.95 bits per heavy atom. The number of aryl methyl sites for hydroxylation is 1. The third-order valence-electron chi connectivity index (χ3n) is 3.66. The van der Waals surface area contributed by atoms with E-state index < -0.39 is 0 Å². The van der Waals surface area contributed by atoms with Crippen LogP contribution in [0.15, 0.2) is 24.3 Å². The summed E-state index contributed by atoms with van der Waals surface area (Å²) in [7, 11) is 0. The molecule has 1 heterocycles. The van der Waals surface area contributed by atoms with Crippen molar-refractivity contribution >= 4 is 16.8 Å². The van der Waals surface area contributed by atoms with Crippen molar-refractivity contribution in [2.24, 2.45) is 0 Å². The number of benzene rings is 1. The average molecular weight is 290 g/mol. The molecule has 114 valence electrons. The van der Waals surface area contributed by atoms with E-state index in [9.17, 15) is 4.79 Å². The molecule has 2 aromatic rings. The lowest BCUT2D eigenvalue weighted by Crippen LogP contribution is -2.36. The minimum absolute atomic E-state index is 0.0228. The normalized spacial score (nSPS) is 11.0. The number of carbonyl (C=O) groups excluding carboxylic acids is 1. The summed E-state index contributed by atoms with van der Waals surface area (Å²) in [6.45, 7) is 2.72. The summed E-state index contributed by atoms with van der Waals surface area (Å²) in [5, 5.41) is 19.0. The number of fused-ring (bicyclic) bond motifs is 1. The number of nitrogens with one attached hydrogen (secondary N) is 1. The molecule has 0 atom stereocenters. The number of aliphatic hydroxyl groups is 2. The van der Waals surface area contributed by atoms with Gasteiger partial charge in [0, 0.05) is 36.3 Å². The smallest absolute Gasteiger partial charge is 0.227 e. The Kier molecular flexibility index (Phi) is 5.36. The van der Waals surface area contributed by atoms with Gasteiger partial charge in [-0.3, -0.25) is 4.79 Å². The van der Waals surface area contributed by atoms with E-state index in [0.717, 1.165) is 22.2 Å². The van der Waals surface area contributed by atoms with Crippen molar-refractivity contribution < 1.29 is 15.0 Å². The predicted molar refractivity (Wildman–Crippen MR) is 82.1 cm³/mol. The Balaban J connectivity index is 2.17. The Morgan fingerprint density at radius 3 is 2.67 bits per heavy atom. The molecule has 0 radical (unpaired) electrons. The molecule has 0 aliphatic heterocycles. The second kappa shape index (κ2) is 7.24. The lowest BCUT2D eigenvalue weighted by atomic mass is 10.1. The molecule has 0 spiro atoms. The van der Waals surface area contributed by atoms with Crippen molar-refractivity contribution in [3.63, 3.8) is 0 Å². The molecule has 0 saturated heterocycles. The molecule has 0 aliphatic rings. The van der Waals surface area contributed by atoms with Crippen molar-refractivity contribution in [1.29, 1.82) is 0 Å². The fourth-order valence-corrected chi connectivity index (χ4v) is 2.57. The van der Waals surface area contributed by atoms with Gasteiger partial charge < -0.3 is 20.1 Å². The molecular formula is C16H22N2O3. The molecule has 5 heteroatoms. The predicted octanol–water partition coefficient (Wildman–Crippen LogP) is 1.22. The zero-order valence-corrected chi connectivity index (χ0v) is 12.3. The van der Waals surface area contributed by atoms with E-state index in [1.165, 1.54) is 0 Å². The number of carbonyl (C=O) groups is 1. The number of amides is 1. The molecule has 0 fully saturated rings. The number of hydrogen-bond donors (Lipinski definition) is 3. The Hall–Kier alpha value is -1.85. The van der Waals surface area contributed by atoms with E-state index in [2.05, 4.69) is 4.98 Å². The Labute approximate surface area is 124 Å². The number of aliphatic hydroxyl groups excluding tert-OH is 2. The van der Waals surface area contributed by atoms with Crippen LogP contribution in [0.2, 0.25) is 0 Å². The summed E-state index contributed by atoms with van der Waals surface area (Å²) >= 11 is 0. The second-order valence-electron chi connectivity index (χ2n) is 5.13. The summed E-state index contributed by atoms with van der Waals surface area (Å²) in [5.74, 6) is -0.0228. The molecular weight excluding hydrogens is 268 g/mol. The largest absolute Gasteiger partial charge is 0.396 e. The van der Waals surface area contributed by atoms with Gasteiger partial charge in [0.15, 0.2) is 0 Å². The van der Waals surface area contributed by atoms with E-state index in [-0.39, 0.29) is 19.1 Å². The van der Waals surface area contributed by atoms with Crippen LogP contribution in [0.25, 0.3) is 10.9 Å². The van der Waals surface area contributed by atoms with Gasteiger partial charge in [-0.1, -0.05) is 18.2 Å². The standard InChI is InChI=1S/C16H22N2O3/c1-12-14(13-5-2-3-6-15(13)17-12)11-16(21)18(8-10-20)7-4-9-19/h2-3,5-6,17,19-20H,4,7-11H2,1H3. The average Bonchev–Trinajstić information content (AvgIpc) is 2.79. The lowest BCUT2D eigenvalue weighted by Gasteiger charge is -2.21. The quantitative estimate of drug-likeness (QED) is 0.717. The summed E-state index contributed by atoms with van der Waals surface area (Å²) < 4.78 is 0. The maximum Gasteiger partial charge on any atom is 0.227 e. The topological polar surface area (TPSA) is 76.6 Å². The van der Waals surface area contributed by atoms with Crippen LogP contribution in [0.3, 0.4) is 0 Å². The minimum atomic E-state index is -0.0654. The molecule has 0 aliphatic carbocycles. The molecule has 1 amide bonds. The van der Waals surface area contributed by atoms with Gasteiger partial charge in [-0.2, -0.15) is 0 Å². The van der Waals surface area contributed by atoms with Crippen LogP contribution in [-0.4, -0.2) is 52.3 Å². The molecule has 2 rings (SSSR count). The Morgan fingerprint density at radius 1 is 1.19 bits per heavy atom. The SMILES string of the molecule is Cc1[nH]c2ccccc2c1CC(=O)N(CCO)CCCO. The van der Waals surface area contributed by atoms with Crippen LogP contribution in [-0.2, 0) is 11.2 Å². The van der Waals surface area contributed by atoms with Crippen molar-refractivity contribution in [2.45, 2.75) is 19.8 Å². The van der Waals surface area contributed by atoms with Gasteiger partial charge >= 0.3 is 0 Å². The maximum absolute atomic E-state index is 12.4. The highest BCUT2D eigenvalue weighted by molar-refractivity contribution is 5.90. The van der Waals surface area contributed by atoms with E-state index in [0.29, 0.717) is 25.9 Å². The fourth-order valence-electron chi connectivity index (χ4n) is 2.57. The number of nitrogens with zero attached hydrogens (tertiary/aromatic N) is 1. The lowest BCUT2D eigenvalue weighted by molar-refractivity contribution is -0.131. The summed E-state index contributed by atoms with van der Waals surface area (Å²) in [5.41, 5.74) is 3.03. The van der Waals surface area contributed by atoms with E-state index in [4.69, 9.17) is 10.2 Å². The summed E-state index contributed by atoms with van der Waals surface area (Å²) in [6.07, 6.45) is 0.833. The van der Waals surface area contributed by atoms with Gasteiger partial charge in [-0.15, -0.1) is 0 Å². The van der Waals surface area contributed by atoms with Crippen LogP contribution in [0.1, 0.15) is 17.7 Å². The number of para-hydroxylation sites is 1. The summed E-state index contributed by atoms with van der Waals surface area (Å²) in [4.78, 5) is 17.3. The highest BCUT2D eigenvalue weighted by Crippen LogP contribution is 2.22. The highest BCUT2D eigenvalue weighted by atomic mass is 16.3. The van der Waals surface area contributed by atoms with Crippen molar-refractivity contribution in [3.05, 3.63) is 35.5 Å². The van der Waals surface area contributed by atoms with Crippen molar-refractivity contribution in [2.75, 3.05) is 26.3 Å². The van der Waals surface area contributed by atoms with Gasteiger partial charge in [-0.05, 0) is 25.0 Å². The van der Waals surface area contributed by atoms with Gasteiger partial charge in [0.25, 0.3) is 0 Å². The molecule has 0 bridgehead atoms.